The van der Waals surface area contributed by atoms with Crippen molar-refractivity contribution in [3.63, 3.8) is 0 Å². The van der Waals surface area contributed by atoms with Crippen molar-refractivity contribution in [1.82, 2.24) is 10.3 Å². The van der Waals surface area contributed by atoms with Gasteiger partial charge in [-0.05, 0) is 62.2 Å². The van der Waals surface area contributed by atoms with Gasteiger partial charge in [0, 0.05) is 24.3 Å². The summed E-state index contributed by atoms with van der Waals surface area (Å²) in [6.07, 6.45) is 0.827. The average Bonchev–Trinajstić information content (AvgIpc) is 2.67. The Morgan fingerprint density at radius 3 is 2.00 bits per heavy atom. The van der Waals surface area contributed by atoms with Crippen LogP contribution >= 0.6 is 0 Å². The maximum absolute atomic E-state index is 12.3. The van der Waals surface area contributed by atoms with Gasteiger partial charge in [-0.25, -0.2) is 8.42 Å². The highest BCUT2D eigenvalue weighted by Gasteiger charge is 2.15. The van der Waals surface area contributed by atoms with Gasteiger partial charge >= 0.3 is 0 Å². The van der Waals surface area contributed by atoms with Crippen molar-refractivity contribution < 1.29 is 13.2 Å². The number of carbonyl (C=O) groups is 1. The third-order valence-electron chi connectivity index (χ3n) is 4.20. The molecule has 0 saturated carbocycles. The molecular weight excluding hydrogens is 350 g/mol. The van der Waals surface area contributed by atoms with Crippen LogP contribution in [0, 0.1) is 0 Å². The zero-order valence-electron chi connectivity index (χ0n) is 15.3. The molecule has 2 aromatic carbocycles. The van der Waals surface area contributed by atoms with E-state index in [0.717, 1.165) is 30.8 Å². The Morgan fingerprint density at radius 2 is 1.50 bits per heavy atom. The van der Waals surface area contributed by atoms with Crippen LogP contribution in [0.5, 0.6) is 0 Å². The summed E-state index contributed by atoms with van der Waals surface area (Å²) >= 11 is 0. The van der Waals surface area contributed by atoms with E-state index >= 15 is 0 Å². The maximum atomic E-state index is 12.3. The average molecular weight is 375 g/mol. The second-order valence-electron chi connectivity index (χ2n) is 5.78. The minimum Gasteiger partial charge on any atom is -0.372 e. The zero-order chi connectivity index (χ0) is 19.2. The fourth-order valence-corrected chi connectivity index (χ4v) is 3.40. The summed E-state index contributed by atoms with van der Waals surface area (Å²) in [6.45, 7) is 7.86. The van der Waals surface area contributed by atoms with E-state index in [-0.39, 0.29) is 4.90 Å². The van der Waals surface area contributed by atoms with Gasteiger partial charge in [0.15, 0.2) is 0 Å². The van der Waals surface area contributed by atoms with Crippen LogP contribution in [-0.2, 0) is 16.4 Å². The topological polar surface area (TPSA) is 78.5 Å². The lowest BCUT2D eigenvalue weighted by molar-refractivity contribution is 0.0945. The molecule has 0 atom stereocenters. The molecule has 7 heteroatoms. The van der Waals surface area contributed by atoms with Crippen LogP contribution in [0.1, 0.15) is 36.7 Å². The van der Waals surface area contributed by atoms with Crippen LogP contribution < -0.4 is 15.2 Å². The van der Waals surface area contributed by atoms with E-state index in [9.17, 15) is 13.2 Å². The van der Waals surface area contributed by atoms with E-state index < -0.39 is 15.9 Å². The molecule has 0 radical (unpaired) electrons. The zero-order valence-corrected chi connectivity index (χ0v) is 16.1. The summed E-state index contributed by atoms with van der Waals surface area (Å²) < 4.78 is 24.5. The molecule has 0 aliphatic carbocycles. The van der Waals surface area contributed by atoms with Gasteiger partial charge in [0.2, 0.25) is 0 Å². The van der Waals surface area contributed by atoms with E-state index in [1.807, 2.05) is 19.1 Å². The molecule has 0 spiro atoms. The Kier molecular flexibility index (Phi) is 6.76. The van der Waals surface area contributed by atoms with Crippen molar-refractivity contribution in [3.05, 3.63) is 59.7 Å². The second-order valence-corrected chi connectivity index (χ2v) is 7.46. The van der Waals surface area contributed by atoms with Crippen molar-refractivity contribution >= 4 is 21.6 Å². The number of hydrogen-bond acceptors (Lipinski definition) is 4. The van der Waals surface area contributed by atoms with Gasteiger partial charge in [0.1, 0.15) is 0 Å². The van der Waals surface area contributed by atoms with E-state index in [1.165, 1.54) is 12.1 Å². The standard InChI is InChI=1S/C19H25N3O3S/c1-4-15-7-13-18(14-8-15)26(24,25)21-20-19(23)16-9-11-17(12-10-16)22(5-2)6-3/h7-14,21H,4-6H2,1-3H3,(H,20,23). The predicted octanol–water partition coefficient (Wildman–Crippen LogP) is 2.72. The highest BCUT2D eigenvalue weighted by Crippen LogP contribution is 2.15. The summed E-state index contributed by atoms with van der Waals surface area (Å²) in [4.78, 5) is 16.6. The molecule has 2 rings (SSSR count). The number of aryl methyl sites for hydroxylation is 1. The summed E-state index contributed by atoms with van der Waals surface area (Å²) in [5.74, 6) is -0.509. The molecule has 0 unspecified atom stereocenters. The molecule has 2 N–H and O–H groups in total. The number of sulfonamides is 1. The Hall–Kier alpha value is -2.38. The fraction of sp³-hybridized carbons (Fsp3) is 0.316. The van der Waals surface area contributed by atoms with Crippen LogP contribution in [0.3, 0.4) is 0 Å². The van der Waals surface area contributed by atoms with Gasteiger partial charge in [-0.15, -0.1) is 4.83 Å². The van der Waals surface area contributed by atoms with Crippen LogP contribution in [0.15, 0.2) is 53.4 Å². The van der Waals surface area contributed by atoms with Gasteiger partial charge < -0.3 is 4.90 Å². The number of nitrogens with zero attached hydrogens (tertiary/aromatic N) is 1. The monoisotopic (exact) mass is 375 g/mol. The van der Waals surface area contributed by atoms with E-state index in [0.29, 0.717) is 5.56 Å². The molecule has 0 aromatic heterocycles. The number of rotatable bonds is 8. The Bertz CT molecular complexity index is 827. The van der Waals surface area contributed by atoms with Crippen molar-refractivity contribution in [1.29, 1.82) is 0 Å². The highest BCUT2D eigenvalue weighted by molar-refractivity contribution is 7.89. The summed E-state index contributed by atoms with van der Waals surface area (Å²) in [5.41, 5.74) is 4.69. The predicted molar refractivity (Wildman–Crippen MR) is 104 cm³/mol. The second kappa shape index (κ2) is 8.82. The molecule has 0 fully saturated rings. The number of carbonyl (C=O) groups excluding carboxylic acids is 1. The maximum Gasteiger partial charge on any atom is 0.266 e. The summed E-state index contributed by atoms with van der Waals surface area (Å²) in [7, 11) is -3.81. The Labute approximate surface area is 155 Å². The minimum absolute atomic E-state index is 0.104. The number of hydrogen-bond donors (Lipinski definition) is 2. The van der Waals surface area contributed by atoms with Gasteiger partial charge in [0.05, 0.1) is 4.90 Å². The number of nitrogens with one attached hydrogen (secondary N) is 2. The largest absolute Gasteiger partial charge is 0.372 e. The van der Waals surface area contributed by atoms with Gasteiger partial charge in [0.25, 0.3) is 15.9 Å². The Balaban J connectivity index is 2.02. The minimum atomic E-state index is -3.81. The molecule has 6 nitrogen and oxygen atoms in total. The van der Waals surface area contributed by atoms with Crippen molar-refractivity contribution in [2.75, 3.05) is 18.0 Å². The molecule has 26 heavy (non-hydrogen) atoms. The molecule has 2 aromatic rings. The van der Waals surface area contributed by atoms with Crippen LogP contribution in [0.4, 0.5) is 5.69 Å². The quantitative estimate of drug-likeness (QED) is 0.696. The first-order valence-electron chi connectivity index (χ1n) is 8.67. The SMILES string of the molecule is CCc1ccc(S(=O)(=O)NNC(=O)c2ccc(N(CC)CC)cc2)cc1. The fourth-order valence-electron chi connectivity index (χ4n) is 2.56. The van der Waals surface area contributed by atoms with Crippen LogP contribution in [-0.4, -0.2) is 27.4 Å². The molecule has 1 amide bonds. The van der Waals surface area contributed by atoms with Crippen LogP contribution in [0.25, 0.3) is 0 Å². The van der Waals surface area contributed by atoms with Crippen molar-refractivity contribution in [2.45, 2.75) is 32.1 Å². The first kappa shape index (κ1) is 19.9. The van der Waals surface area contributed by atoms with Crippen molar-refractivity contribution in [3.8, 4) is 0 Å². The normalized spacial score (nSPS) is 11.2. The van der Waals surface area contributed by atoms with Gasteiger partial charge in [-0.1, -0.05) is 19.1 Å². The third kappa shape index (κ3) is 4.83. The first-order valence-corrected chi connectivity index (χ1v) is 10.2. The first-order chi connectivity index (χ1) is 12.4. The number of amides is 1. The molecule has 0 heterocycles. The molecule has 0 aliphatic heterocycles. The van der Waals surface area contributed by atoms with Gasteiger partial charge in [-0.3, -0.25) is 10.2 Å². The summed E-state index contributed by atoms with van der Waals surface area (Å²) in [5, 5.41) is 0. The molecule has 0 saturated heterocycles. The molecule has 140 valence electrons. The Morgan fingerprint density at radius 1 is 0.923 bits per heavy atom. The van der Waals surface area contributed by atoms with E-state index in [2.05, 4.69) is 29.0 Å². The number of hydrazine groups is 1. The van der Waals surface area contributed by atoms with Crippen molar-refractivity contribution in [2.24, 2.45) is 0 Å². The van der Waals surface area contributed by atoms with Gasteiger partial charge in [-0.2, -0.15) is 0 Å². The lowest BCUT2D eigenvalue weighted by atomic mass is 10.2. The number of anilines is 1. The van der Waals surface area contributed by atoms with Crippen LogP contribution in [0.2, 0.25) is 0 Å². The molecule has 0 bridgehead atoms. The molecular formula is C19H25N3O3S. The highest BCUT2D eigenvalue weighted by atomic mass is 32.2. The van der Waals surface area contributed by atoms with E-state index in [1.54, 1.807) is 24.3 Å². The molecule has 0 aliphatic rings. The van der Waals surface area contributed by atoms with E-state index in [4.69, 9.17) is 0 Å². The summed E-state index contributed by atoms with van der Waals surface area (Å²) in [6, 6.07) is 13.6. The lowest BCUT2D eigenvalue weighted by Gasteiger charge is -2.21. The lowest BCUT2D eigenvalue weighted by Crippen LogP contribution is -2.41. The number of benzene rings is 2. The smallest absolute Gasteiger partial charge is 0.266 e. The third-order valence-corrected chi connectivity index (χ3v) is 5.46.